The summed E-state index contributed by atoms with van der Waals surface area (Å²) >= 11 is 0. The van der Waals surface area contributed by atoms with Crippen molar-refractivity contribution in [2.24, 2.45) is 5.92 Å². The summed E-state index contributed by atoms with van der Waals surface area (Å²) in [6.07, 6.45) is 3.90. The fraction of sp³-hybridized carbons (Fsp3) is 0.941. The first-order chi connectivity index (χ1) is 10.5. The van der Waals surface area contributed by atoms with Crippen LogP contribution in [0.1, 0.15) is 40.0 Å². The van der Waals surface area contributed by atoms with Crippen molar-refractivity contribution in [2.75, 3.05) is 46.3 Å². The third-order valence-electron chi connectivity index (χ3n) is 5.06. The van der Waals surface area contributed by atoms with Gasteiger partial charge >= 0.3 is 6.03 Å². The van der Waals surface area contributed by atoms with Gasteiger partial charge in [0.25, 0.3) is 0 Å². The zero-order valence-electron chi connectivity index (χ0n) is 14.8. The fourth-order valence-corrected chi connectivity index (χ4v) is 3.24. The molecule has 22 heavy (non-hydrogen) atoms. The van der Waals surface area contributed by atoms with Crippen LogP contribution in [0.2, 0.25) is 0 Å². The first-order valence-corrected chi connectivity index (χ1v) is 8.93. The van der Waals surface area contributed by atoms with Crippen molar-refractivity contribution in [1.82, 2.24) is 20.0 Å². The van der Waals surface area contributed by atoms with Crippen LogP contribution in [-0.4, -0.2) is 79.1 Å². The second kappa shape index (κ2) is 8.16. The van der Waals surface area contributed by atoms with E-state index in [1.807, 2.05) is 4.90 Å². The van der Waals surface area contributed by atoms with E-state index >= 15 is 0 Å². The maximum Gasteiger partial charge on any atom is 0.317 e. The molecule has 128 valence electrons. The Labute approximate surface area is 136 Å². The van der Waals surface area contributed by atoms with E-state index in [9.17, 15) is 4.79 Å². The van der Waals surface area contributed by atoms with E-state index in [0.29, 0.717) is 0 Å². The molecule has 0 bridgehead atoms. The van der Waals surface area contributed by atoms with Crippen LogP contribution < -0.4 is 5.32 Å². The number of nitrogens with zero attached hydrogens (tertiary/aromatic N) is 3. The van der Waals surface area contributed by atoms with Crippen molar-refractivity contribution < 1.29 is 4.79 Å². The number of amides is 2. The molecule has 1 saturated heterocycles. The number of carbonyl (C=O) groups is 1. The summed E-state index contributed by atoms with van der Waals surface area (Å²) in [6, 6.07) is 0.596. The predicted octanol–water partition coefficient (Wildman–Crippen LogP) is 1.84. The van der Waals surface area contributed by atoms with Gasteiger partial charge in [-0.1, -0.05) is 6.42 Å². The van der Waals surface area contributed by atoms with Gasteiger partial charge in [0, 0.05) is 51.4 Å². The van der Waals surface area contributed by atoms with Gasteiger partial charge in [-0.05, 0) is 46.6 Å². The predicted molar refractivity (Wildman–Crippen MR) is 91.1 cm³/mol. The molecule has 0 aromatic rings. The van der Waals surface area contributed by atoms with Gasteiger partial charge in [-0.2, -0.15) is 0 Å². The van der Waals surface area contributed by atoms with Crippen LogP contribution in [0, 0.1) is 5.92 Å². The number of urea groups is 1. The molecule has 5 nitrogen and oxygen atoms in total. The van der Waals surface area contributed by atoms with E-state index in [1.54, 1.807) is 0 Å². The first-order valence-electron chi connectivity index (χ1n) is 8.93. The number of piperazine rings is 1. The van der Waals surface area contributed by atoms with Crippen LogP contribution in [0.3, 0.4) is 0 Å². The Morgan fingerprint density at radius 3 is 2.32 bits per heavy atom. The van der Waals surface area contributed by atoms with Gasteiger partial charge in [-0.15, -0.1) is 0 Å². The smallest absolute Gasteiger partial charge is 0.317 e. The summed E-state index contributed by atoms with van der Waals surface area (Å²) < 4.78 is 0. The summed E-state index contributed by atoms with van der Waals surface area (Å²) in [4.78, 5) is 19.4. The van der Waals surface area contributed by atoms with Crippen LogP contribution in [0.15, 0.2) is 0 Å². The van der Waals surface area contributed by atoms with Crippen LogP contribution in [0.25, 0.3) is 0 Å². The average molecular weight is 310 g/mol. The van der Waals surface area contributed by atoms with Gasteiger partial charge in [-0.3, -0.25) is 4.90 Å². The molecule has 2 aliphatic rings. The largest absolute Gasteiger partial charge is 0.334 e. The molecule has 1 N–H and O–H groups in total. The van der Waals surface area contributed by atoms with Crippen molar-refractivity contribution in [2.45, 2.75) is 52.1 Å². The molecule has 2 amide bonds. The van der Waals surface area contributed by atoms with Gasteiger partial charge in [0.1, 0.15) is 0 Å². The Morgan fingerprint density at radius 2 is 1.82 bits per heavy atom. The monoisotopic (exact) mass is 310 g/mol. The molecule has 1 atom stereocenters. The molecule has 2 rings (SSSR count). The SMILES string of the molecule is CC(C)N(CC1CCC1)C(=O)N[C@H](C)CN1CCN(C)CC1. The molecular formula is C17H34N4O. The number of carbonyl (C=O) groups excluding carboxylic acids is 1. The summed E-state index contributed by atoms with van der Waals surface area (Å²) in [5.41, 5.74) is 0. The quantitative estimate of drug-likeness (QED) is 0.814. The summed E-state index contributed by atoms with van der Waals surface area (Å²) in [5, 5.41) is 3.21. The van der Waals surface area contributed by atoms with Gasteiger partial charge in [0.15, 0.2) is 0 Å². The molecule has 1 aliphatic heterocycles. The molecule has 0 radical (unpaired) electrons. The van der Waals surface area contributed by atoms with E-state index in [1.165, 1.54) is 19.3 Å². The van der Waals surface area contributed by atoms with E-state index in [4.69, 9.17) is 0 Å². The molecule has 5 heteroatoms. The first kappa shape index (κ1) is 17.5. The van der Waals surface area contributed by atoms with Crippen LogP contribution in [0.4, 0.5) is 4.79 Å². The summed E-state index contributed by atoms with van der Waals surface area (Å²) in [7, 11) is 2.17. The Bertz CT molecular complexity index is 349. The van der Waals surface area contributed by atoms with Crippen molar-refractivity contribution >= 4 is 6.03 Å². The lowest BCUT2D eigenvalue weighted by molar-refractivity contribution is 0.132. The third kappa shape index (κ3) is 5.13. The lowest BCUT2D eigenvalue weighted by Gasteiger charge is -2.37. The normalized spacial score (nSPS) is 22.4. The Kier molecular flexibility index (Phi) is 6.50. The number of hydrogen-bond donors (Lipinski definition) is 1. The minimum Gasteiger partial charge on any atom is -0.334 e. The molecule has 0 spiro atoms. The van der Waals surface area contributed by atoms with Crippen molar-refractivity contribution in [3.63, 3.8) is 0 Å². The maximum atomic E-state index is 12.6. The van der Waals surface area contributed by atoms with Crippen LogP contribution in [0.5, 0.6) is 0 Å². The number of hydrogen-bond acceptors (Lipinski definition) is 3. The topological polar surface area (TPSA) is 38.8 Å². The molecule has 1 aliphatic carbocycles. The fourth-order valence-electron chi connectivity index (χ4n) is 3.24. The highest BCUT2D eigenvalue weighted by Crippen LogP contribution is 2.27. The molecule has 2 fully saturated rings. The van der Waals surface area contributed by atoms with Crippen molar-refractivity contribution in [3.05, 3.63) is 0 Å². The van der Waals surface area contributed by atoms with E-state index in [2.05, 4.69) is 42.9 Å². The molecule has 1 saturated carbocycles. The zero-order chi connectivity index (χ0) is 16.1. The van der Waals surface area contributed by atoms with Gasteiger partial charge in [-0.25, -0.2) is 4.79 Å². The maximum absolute atomic E-state index is 12.6. The number of nitrogens with one attached hydrogen (secondary N) is 1. The average Bonchev–Trinajstić information content (AvgIpc) is 2.39. The molecule has 0 aromatic carbocycles. The Morgan fingerprint density at radius 1 is 1.18 bits per heavy atom. The van der Waals surface area contributed by atoms with Crippen LogP contribution in [-0.2, 0) is 0 Å². The zero-order valence-corrected chi connectivity index (χ0v) is 14.8. The second-order valence-corrected chi connectivity index (χ2v) is 7.50. The van der Waals surface area contributed by atoms with Gasteiger partial charge < -0.3 is 15.1 Å². The number of likely N-dealkylation sites (N-methyl/N-ethyl adjacent to an activating group) is 1. The van der Waals surface area contributed by atoms with E-state index in [0.717, 1.165) is 45.2 Å². The highest BCUT2D eigenvalue weighted by Gasteiger charge is 2.26. The standard InChI is InChI=1S/C17H34N4O/c1-14(2)21(13-16-6-5-7-16)17(22)18-15(3)12-20-10-8-19(4)9-11-20/h14-16H,5-13H2,1-4H3,(H,18,22)/t15-/m1/s1. The Hall–Kier alpha value is -0.810. The highest BCUT2D eigenvalue weighted by molar-refractivity contribution is 5.74. The van der Waals surface area contributed by atoms with E-state index in [-0.39, 0.29) is 18.1 Å². The van der Waals surface area contributed by atoms with Crippen LogP contribution >= 0.6 is 0 Å². The van der Waals surface area contributed by atoms with E-state index < -0.39 is 0 Å². The molecular weight excluding hydrogens is 276 g/mol. The molecule has 1 heterocycles. The third-order valence-corrected chi connectivity index (χ3v) is 5.06. The lowest BCUT2D eigenvalue weighted by Crippen LogP contribution is -2.53. The second-order valence-electron chi connectivity index (χ2n) is 7.50. The summed E-state index contributed by atoms with van der Waals surface area (Å²) in [6.45, 7) is 12.7. The highest BCUT2D eigenvalue weighted by atomic mass is 16.2. The Balaban J connectivity index is 1.75. The number of rotatable bonds is 6. The molecule has 0 unspecified atom stereocenters. The lowest BCUT2D eigenvalue weighted by atomic mass is 9.85. The van der Waals surface area contributed by atoms with Crippen molar-refractivity contribution in [3.8, 4) is 0 Å². The van der Waals surface area contributed by atoms with Gasteiger partial charge in [0.2, 0.25) is 0 Å². The van der Waals surface area contributed by atoms with Gasteiger partial charge in [0.05, 0.1) is 0 Å². The summed E-state index contributed by atoms with van der Waals surface area (Å²) in [5.74, 6) is 0.723. The van der Waals surface area contributed by atoms with Crippen molar-refractivity contribution in [1.29, 1.82) is 0 Å². The molecule has 0 aromatic heterocycles. The minimum absolute atomic E-state index is 0.114. The minimum atomic E-state index is 0.114.